The van der Waals surface area contributed by atoms with Crippen LogP contribution in [-0.4, -0.2) is 15.3 Å². The highest BCUT2D eigenvalue weighted by molar-refractivity contribution is 6.30. The molecule has 0 unspecified atom stereocenters. The third-order valence-corrected chi connectivity index (χ3v) is 3.23. The highest BCUT2D eigenvalue weighted by Gasteiger charge is 2.44. The van der Waals surface area contributed by atoms with E-state index in [2.05, 4.69) is 5.10 Å². The van der Waals surface area contributed by atoms with Crippen molar-refractivity contribution in [1.29, 1.82) is 0 Å². The minimum absolute atomic E-state index is 0.0108. The molecule has 1 aliphatic carbocycles. The largest absolute Gasteiger partial charge is 0.435 e. The van der Waals surface area contributed by atoms with Gasteiger partial charge < -0.3 is 5.73 Å². The summed E-state index contributed by atoms with van der Waals surface area (Å²) < 4.78 is 39.0. The zero-order chi connectivity index (χ0) is 12.1. The first-order valence-corrected chi connectivity index (χ1v) is 5.18. The van der Waals surface area contributed by atoms with Crippen LogP contribution in [0.2, 0.25) is 5.15 Å². The summed E-state index contributed by atoms with van der Waals surface area (Å²) in [6, 6.07) is 0. The predicted octanol–water partition coefficient (Wildman–Crippen LogP) is 2.13. The zero-order valence-corrected chi connectivity index (χ0v) is 9.36. The van der Waals surface area contributed by atoms with Crippen molar-refractivity contribution in [2.75, 3.05) is 0 Å². The fraction of sp³-hybridized carbons (Fsp3) is 0.667. The molecule has 1 heterocycles. The van der Waals surface area contributed by atoms with Gasteiger partial charge >= 0.3 is 6.18 Å². The fourth-order valence-corrected chi connectivity index (χ4v) is 1.82. The van der Waals surface area contributed by atoms with Crippen LogP contribution in [0.5, 0.6) is 0 Å². The van der Waals surface area contributed by atoms with Crippen LogP contribution in [0.1, 0.15) is 24.1 Å². The molecule has 0 spiro atoms. The summed E-state index contributed by atoms with van der Waals surface area (Å²) in [4.78, 5) is 0. The number of nitrogens with zero attached hydrogens (tertiary/aromatic N) is 2. The van der Waals surface area contributed by atoms with Gasteiger partial charge in [-0.25, -0.2) is 0 Å². The highest BCUT2D eigenvalue weighted by Crippen LogP contribution is 2.41. The van der Waals surface area contributed by atoms with Gasteiger partial charge in [-0.3, -0.25) is 4.68 Å². The first kappa shape index (κ1) is 11.7. The third kappa shape index (κ3) is 2.04. The van der Waals surface area contributed by atoms with E-state index in [9.17, 15) is 13.2 Å². The van der Waals surface area contributed by atoms with Gasteiger partial charge in [0.05, 0.1) is 0 Å². The minimum atomic E-state index is -4.48. The molecule has 0 saturated heterocycles. The summed E-state index contributed by atoms with van der Waals surface area (Å²) in [5.74, 6) is 0. The standard InChI is InChI=1S/C9H11ClF3N3/c1-16-7(10)5(4-8(14)2-3-8)6(15-16)9(11,12)13/h2-4,14H2,1H3. The Morgan fingerprint density at radius 2 is 2.06 bits per heavy atom. The molecule has 1 fully saturated rings. The van der Waals surface area contributed by atoms with Gasteiger partial charge in [0, 0.05) is 18.2 Å². The molecular weight excluding hydrogens is 243 g/mol. The Bertz CT molecular complexity index is 420. The average molecular weight is 254 g/mol. The number of aryl methyl sites for hydroxylation is 1. The Kier molecular flexibility index (Phi) is 2.47. The molecule has 0 aliphatic heterocycles. The summed E-state index contributed by atoms with van der Waals surface area (Å²) in [6.45, 7) is 0. The van der Waals surface area contributed by atoms with Crippen molar-refractivity contribution in [3.05, 3.63) is 16.4 Å². The summed E-state index contributed by atoms with van der Waals surface area (Å²) in [7, 11) is 1.39. The normalized spacial score (nSPS) is 18.9. The monoisotopic (exact) mass is 253 g/mol. The summed E-state index contributed by atoms with van der Waals surface area (Å²) in [6.07, 6.45) is -2.88. The number of nitrogens with two attached hydrogens (primary N) is 1. The third-order valence-electron chi connectivity index (χ3n) is 2.76. The Morgan fingerprint density at radius 3 is 2.50 bits per heavy atom. The number of aromatic nitrogens is 2. The smallest absolute Gasteiger partial charge is 0.325 e. The molecule has 2 N–H and O–H groups in total. The quantitative estimate of drug-likeness (QED) is 0.877. The second kappa shape index (κ2) is 3.37. The SMILES string of the molecule is Cn1nc(C(F)(F)F)c(CC2(N)CC2)c1Cl. The van der Waals surface area contributed by atoms with Crippen molar-refractivity contribution >= 4 is 11.6 Å². The number of rotatable bonds is 2. The van der Waals surface area contributed by atoms with Gasteiger partial charge in [0.1, 0.15) is 5.15 Å². The van der Waals surface area contributed by atoms with Crippen molar-refractivity contribution < 1.29 is 13.2 Å². The molecule has 0 amide bonds. The second-order valence-corrected chi connectivity index (χ2v) is 4.64. The highest BCUT2D eigenvalue weighted by atomic mass is 35.5. The van der Waals surface area contributed by atoms with E-state index in [1.54, 1.807) is 0 Å². The van der Waals surface area contributed by atoms with E-state index in [1.165, 1.54) is 7.05 Å². The Balaban J connectivity index is 2.41. The lowest BCUT2D eigenvalue weighted by Gasteiger charge is -2.10. The molecule has 3 nitrogen and oxygen atoms in total. The van der Waals surface area contributed by atoms with E-state index in [1.807, 2.05) is 0 Å². The van der Waals surface area contributed by atoms with Crippen molar-refractivity contribution in [1.82, 2.24) is 9.78 Å². The minimum Gasteiger partial charge on any atom is -0.325 e. The molecule has 0 bridgehead atoms. The van der Waals surface area contributed by atoms with Crippen LogP contribution < -0.4 is 5.73 Å². The number of halogens is 4. The topological polar surface area (TPSA) is 43.8 Å². The molecule has 2 rings (SSSR count). The molecule has 0 aromatic carbocycles. The zero-order valence-electron chi connectivity index (χ0n) is 8.60. The maximum Gasteiger partial charge on any atom is 0.435 e. The van der Waals surface area contributed by atoms with Gasteiger partial charge in [0.15, 0.2) is 5.69 Å². The van der Waals surface area contributed by atoms with Crippen LogP contribution >= 0.6 is 11.6 Å². The van der Waals surface area contributed by atoms with Gasteiger partial charge in [-0.05, 0) is 19.3 Å². The predicted molar refractivity (Wildman–Crippen MR) is 53.1 cm³/mol. The average Bonchev–Trinajstić information content (AvgIpc) is 2.80. The molecule has 0 radical (unpaired) electrons. The van der Waals surface area contributed by atoms with E-state index in [4.69, 9.17) is 17.3 Å². The van der Waals surface area contributed by atoms with Crippen LogP contribution in [0, 0.1) is 0 Å². The Morgan fingerprint density at radius 1 is 1.50 bits per heavy atom. The van der Waals surface area contributed by atoms with E-state index in [0.717, 1.165) is 17.5 Å². The maximum atomic E-state index is 12.7. The molecule has 1 aromatic rings. The van der Waals surface area contributed by atoms with E-state index in [-0.39, 0.29) is 17.1 Å². The molecule has 1 aromatic heterocycles. The molecule has 90 valence electrons. The second-order valence-electron chi connectivity index (χ2n) is 4.28. The van der Waals surface area contributed by atoms with Crippen LogP contribution in [-0.2, 0) is 19.6 Å². The van der Waals surface area contributed by atoms with Crippen molar-refractivity contribution in [3.63, 3.8) is 0 Å². The van der Waals surface area contributed by atoms with Gasteiger partial charge in [-0.2, -0.15) is 18.3 Å². The fourth-order valence-electron chi connectivity index (χ4n) is 1.62. The lowest BCUT2D eigenvalue weighted by atomic mass is 10.1. The molecule has 16 heavy (non-hydrogen) atoms. The van der Waals surface area contributed by atoms with Gasteiger partial charge in [-0.15, -0.1) is 0 Å². The van der Waals surface area contributed by atoms with Crippen LogP contribution in [0.15, 0.2) is 0 Å². The van der Waals surface area contributed by atoms with Crippen molar-refractivity contribution in [3.8, 4) is 0 Å². The number of hydrogen-bond acceptors (Lipinski definition) is 2. The molecule has 0 atom stereocenters. The number of alkyl halides is 3. The summed E-state index contributed by atoms with van der Waals surface area (Å²) >= 11 is 5.80. The van der Waals surface area contributed by atoms with Crippen LogP contribution in [0.25, 0.3) is 0 Å². The van der Waals surface area contributed by atoms with Gasteiger partial charge in [0.2, 0.25) is 0 Å². The summed E-state index contributed by atoms with van der Waals surface area (Å²) in [5, 5.41) is 3.42. The first-order valence-electron chi connectivity index (χ1n) is 4.80. The Labute approximate surface area is 95.4 Å². The van der Waals surface area contributed by atoms with E-state index >= 15 is 0 Å². The van der Waals surface area contributed by atoms with Gasteiger partial charge in [0.25, 0.3) is 0 Å². The molecule has 7 heteroatoms. The number of hydrogen-bond donors (Lipinski definition) is 1. The van der Waals surface area contributed by atoms with Gasteiger partial charge in [-0.1, -0.05) is 11.6 Å². The van der Waals surface area contributed by atoms with Crippen molar-refractivity contribution in [2.45, 2.75) is 31.0 Å². The van der Waals surface area contributed by atoms with Crippen LogP contribution in [0.4, 0.5) is 13.2 Å². The van der Waals surface area contributed by atoms with E-state index in [0.29, 0.717) is 0 Å². The maximum absolute atomic E-state index is 12.7. The Hall–Kier alpha value is -0.750. The molecular formula is C9H11ClF3N3. The lowest BCUT2D eigenvalue weighted by Crippen LogP contribution is -2.26. The lowest BCUT2D eigenvalue weighted by molar-refractivity contribution is -0.142. The van der Waals surface area contributed by atoms with E-state index < -0.39 is 17.4 Å². The van der Waals surface area contributed by atoms with Crippen molar-refractivity contribution in [2.24, 2.45) is 12.8 Å². The molecule has 1 aliphatic rings. The first-order chi connectivity index (χ1) is 7.23. The molecule has 1 saturated carbocycles. The summed E-state index contributed by atoms with van der Waals surface area (Å²) in [5.41, 5.74) is 4.38. The van der Waals surface area contributed by atoms with Crippen LogP contribution in [0.3, 0.4) is 0 Å².